The molecule has 0 aromatic heterocycles. The molecule has 2 aliphatic rings. The minimum atomic E-state index is -0.181. The van der Waals surface area contributed by atoms with E-state index >= 15 is 0 Å². The summed E-state index contributed by atoms with van der Waals surface area (Å²) in [5.74, 6) is 0. The van der Waals surface area contributed by atoms with Crippen molar-refractivity contribution in [1.82, 2.24) is 5.32 Å². The molecular formula is C11H21NO2. The number of ether oxygens (including phenoxy) is 1. The SMILES string of the molecule is OC(CCC1CCCO1)CNC1CC1. The van der Waals surface area contributed by atoms with E-state index in [1.54, 1.807) is 0 Å². The van der Waals surface area contributed by atoms with Crippen molar-refractivity contribution in [2.45, 2.75) is 56.8 Å². The Bertz CT molecular complexity index is 165. The zero-order chi connectivity index (χ0) is 9.80. The van der Waals surface area contributed by atoms with Gasteiger partial charge in [-0.1, -0.05) is 0 Å². The van der Waals surface area contributed by atoms with Crippen LogP contribution in [0.4, 0.5) is 0 Å². The average Bonchev–Trinajstić information content (AvgIpc) is 2.87. The van der Waals surface area contributed by atoms with Gasteiger partial charge in [0.05, 0.1) is 12.2 Å². The highest BCUT2D eigenvalue weighted by atomic mass is 16.5. The van der Waals surface area contributed by atoms with Crippen molar-refractivity contribution in [3.8, 4) is 0 Å². The molecule has 0 aromatic rings. The van der Waals surface area contributed by atoms with Gasteiger partial charge in [-0.05, 0) is 38.5 Å². The lowest BCUT2D eigenvalue weighted by molar-refractivity contribution is 0.0810. The Morgan fingerprint density at radius 3 is 2.86 bits per heavy atom. The lowest BCUT2D eigenvalue weighted by Gasteiger charge is -2.14. The van der Waals surface area contributed by atoms with E-state index in [9.17, 15) is 5.11 Å². The zero-order valence-electron chi connectivity index (χ0n) is 8.74. The monoisotopic (exact) mass is 199 g/mol. The number of hydrogen-bond donors (Lipinski definition) is 2. The molecule has 2 rings (SSSR count). The Morgan fingerprint density at radius 2 is 2.21 bits per heavy atom. The van der Waals surface area contributed by atoms with Crippen molar-refractivity contribution >= 4 is 0 Å². The molecule has 0 aromatic carbocycles. The highest BCUT2D eigenvalue weighted by Gasteiger charge is 2.22. The van der Waals surface area contributed by atoms with Crippen LogP contribution in [0.5, 0.6) is 0 Å². The highest BCUT2D eigenvalue weighted by molar-refractivity contribution is 4.82. The molecule has 1 aliphatic heterocycles. The predicted octanol–water partition coefficient (Wildman–Crippen LogP) is 1.06. The summed E-state index contributed by atoms with van der Waals surface area (Å²) in [7, 11) is 0. The second-order valence-electron chi connectivity index (χ2n) is 4.55. The first-order valence-electron chi connectivity index (χ1n) is 5.87. The third kappa shape index (κ3) is 3.56. The molecule has 2 N–H and O–H groups in total. The molecule has 0 spiro atoms. The summed E-state index contributed by atoms with van der Waals surface area (Å²) < 4.78 is 5.51. The van der Waals surface area contributed by atoms with Crippen LogP contribution in [0.3, 0.4) is 0 Å². The average molecular weight is 199 g/mol. The van der Waals surface area contributed by atoms with Crippen molar-refractivity contribution in [2.75, 3.05) is 13.2 Å². The van der Waals surface area contributed by atoms with Gasteiger partial charge in [-0.15, -0.1) is 0 Å². The molecular weight excluding hydrogens is 178 g/mol. The molecule has 14 heavy (non-hydrogen) atoms. The van der Waals surface area contributed by atoms with Crippen molar-refractivity contribution in [1.29, 1.82) is 0 Å². The van der Waals surface area contributed by atoms with Crippen LogP contribution >= 0.6 is 0 Å². The van der Waals surface area contributed by atoms with Crippen LogP contribution in [-0.2, 0) is 4.74 Å². The Balaban J connectivity index is 1.50. The molecule has 1 saturated heterocycles. The molecule has 1 aliphatic carbocycles. The highest BCUT2D eigenvalue weighted by Crippen LogP contribution is 2.20. The second-order valence-corrected chi connectivity index (χ2v) is 4.55. The van der Waals surface area contributed by atoms with Crippen LogP contribution in [-0.4, -0.2) is 36.5 Å². The van der Waals surface area contributed by atoms with E-state index in [4.69, 9.17) is 4.74 Å². The Labute approximate surface area is 85.8 Å². The third-order valence-corrected chi connectivity index (χ3v) is 3.07. The summed E-state index contributed by atoms with van der Waals surface area (Å²) in [6, 6.07) is 0.701. The molecule has 82 valence electrons. The van der Waals surface area contributed by atoms with E-state index in [-0.39, 0.29) is 6.10 Å². The number of rotatable bonds is 6. The van der Waals surface area contributed by atoms with E-state index in [1.807, 2.05) is 0 Å². The summed E-state index contributed by atoms with van der Waals surface area (Å²) in [6.45, 7) is 1.68. The van der Waals surface area contributed by atoms with E-state index in [0.717, 1.165) is 26.0 Å². The zero-order valence-corrected chi connectivity index (χ0v) is 8.74. The topological polar surface area (TPSA) is 41.5 Å². The van der Waals surface area contributed by atoms with Crippen molar-refractivity contribution in [3.63, 3.8) is 0 Å². The fraction of sp³-hybridized carbons (Fsp3) is 1.00. The lowest BCUT2D eigenvalue weighted by atomic mass is 10.1. The van der Waals surface area contributed by atoms with Crippen LogP contribution in [0, 0.1) is 0 Å². The lowest BCUT2D eigenvalue weighted by Crippen LogP contribution is -2.29. The molecule has 3 nitrogen and oxygen atoms in total. The molecule has 1 saturated carbocycles. The van der Waals surface area contributed by atoms with Crippen molar-refractivity contribution < 1.29 is 9.84 Å². The largest absolute Gasteiger partial charge is 0.392 e. The minimum Gasteiger partial charge on any atom is -0.392 e. The van der Waals surface area contributed by atoms with Crippen molar-refractivity contribution in [3.05, 3.63) is 0 Å². The molecule has 1 heterocycles. The standard InChI is InChI=1S/C11H21NO2/c13-10(8-12-9-3-4-9)5-6-11-2-1-7-14-11/h9-13H,1-8H2. The van der Waals surface area contributed by atoms with Gasteiger partial charge in [0, 0.05) is 19.2 Å². The van der Waals surface area contributed by atoms with Gasteiger partial charge in [-0.25, -0.2) is 0 Å². The van der Waals surface area contributed by atoms with Crippen LogP contribution in [0.25, 0.3) is 0 Å². The number of hydrogen-bond acceptors (Lipinski definition) is 3. The minimum absolute atomic E-state index is 0.181. The van der Waals surface area contributed by atoms with E-state index in [1.165, 1.54) is 25.7 Å². The predicted molar refractivity (Wildman–Crippen MR) is 55.2 cm³/mol. The van der Waals surface area contributed by atoms with E-state index in [0.29, 0.717) is 12.1 Å². The molecule has 2 fully saturated rings. The maximum atomic E-state index is 9.67. The number of nitrogens with one attached hydrogen (secondary N) is 1. The molecule has 0 bridgehead atoms. The first-order chi connectivity index (χ1) is 6.84. The second kappa shape index (κ2) is 5.10. The molecule has 0 radical (unpaired) electrons. The van der Waals surface area contributed by atoms with Gasteiger partial charge in [-0.2, -0.15) is 0 Å². The van der Waals surface area contributed by atoms with Crippen molar-refractivity contribution in [2.24, 2.45) is 0 Å². The molecule has 2 unspecified atom stereocenters. The number of aliphatic hydroxyl groups is 1. The van der Waals surface area contributed by atoms with Gasteiger partial charge in [-0.3, -0.25) is 0 Å². The van der Waals surface area contributed by atoms with E-state index in [2.05, 4.69) is 5.32 Å². The van der Waals surface area contributed by atoms with Gasteiger partial charge in [0.1, 0.15) is 0 Å². The summed E-state index contributed by atoms with van der Waals surface area (Å²) in [4.78, 5) is 0. The quantitative estimate of drug-likeness (QED) is 0.672. The van der Waals surface area contributed by atoms with Gasteiger partial charge in [0.15, 0.2) is 0 Å². The Morgan fingerprint density at radius 1 is 1.36 bits per heavy atom. The first kappa shape index (κ1) is 10.4. The summed E-state index contributed by atoms with van der Waals surface area (Å²) >= 11 is 0. The van der Waals surface area contributed by atoms with Gasteiger partial charge in [0.2, 0.25) is 0 Å². The fourth-order valence-electron chi connectivity index (χ4n) is 1.94. The normalized spacial score (nSPS) is 29.4. The first-order valence-corrected chi connectivity index (χ1v) is 5.87. The maximum absolute atomic E-state index is 9.67. The smallest absolute Gasteiger partial charge is 0.0665 e. The van der Waals surface area contributed by atoms with Gasteiger partial charge < -0.3 is 15.2 Å². The van der Waals surface area contributed by atoms with Crippen LogP contribution in [0.1, 0.15) is 38.5 Å². The maximum Gasteiger partial charge on any atom is 0.0665 e. The summed E-state index contributed by atoms with van der Waals surface area (Å²) in [6.07, 6.45) is 7.10. The van der Waals surface area contributed by atoms with Crippen LogP contribution in [0.2, 0.25) is 0 Å². The third-order valence-electron chi connectivity index (χ3n) is 3.07. The fourth-order valence-corrected chi connectivity index (χ4v) is 1.94. The Kier molecular flexibility index (Phi) is 3.79. The van der Waals surface area contributed by atoms with Gasteiger partial charge in [0.25, 0.3) is 0 Å². The van der Waals surface area contributed by atoms with Crippen LogP contribution < -0.4 is 5.32 Å². The Hall–Kier alpha value is -0.120. The molecule has 3 heteroatoms. The molecule has 0 amide bonds. The van der Waals surface area contributed by atoms with E-state index < -0.39 is 0 Å². The van der Waals surface area contributed by atoms with Crippen LogP contribution in [0.15, 0.2) is 0 Å². The number of aliphatic hydroxyl groups excluding tert-OH is 1. The summed E-state index contributed by atoms with van der Waals surface area (Å²) in [5, 5.41) is 13.0. The van der Waals surface area contributed by atoms with Gasteiger partial charge >= 0.3 is 0 Å². The summed E-state index contributed by atoms with van der Waals surface area (Å²) in [5.41, 5.74) is 0. The molecule has 2 atom stereocenters.